The minimum Gasteiger partial charge on any atom is -0.390 e. The average Bonchev–Trinajstić information content (AvgIpc) is 2.74. The lowest BCUT2D eigenvalue weighted by molar-refractivity contribution is -0.0556. The lowest BCUT2D eigenvalue weighted by Gasteiger charge is -2.18. The van der Waals surface area contributed by atoms with Gasteiger partial charge in [0.15, 0.2) is 0 Å². The predicted octanol–water partition coefficient (Wildman–Crippen LogP) is 2.95. The Kier molecular flexibility index (Phi) is 6.02. The van der Waals surface area contributed by atoms with Gasteiger partial charge >= 0.3 is 0 Å². The second-order valence-electron chi connectivity index (χ2n) is 6.60. The van der Waals surface area contributed by atoms with Crippen LogP contribution >= 0.6 is 0 Å². The summed E-state index contributed by atoms with van der Waals surface area (Å²) in [5, 5.41) is 15.4. The number of hydrogen-bond acceptors (Lipinski definition) is 4. The van der Waals surface area contributed by atoms with Gasteiger partial charge in [-0.05, 0) is 36.8 Å². The number of aliphatic hydroxyl groups excluding tert-OH is 1. The molecular formula is C21H18F3N3O3. The lowest BCUT2D eigenvalue weighted by atomic mass is 10.0. The predicted molar refractivity (Wildman–Crippen MR) is 103 cm³/mol. The molecule has 3 aromatic rings. The monoisotopic (exact) mass is 417 g/mol. The Balaban J connectivity index is 1.85. The van der Waals surface area contributed by atoms with E-state index in [0.29, 0.717) is 5.56 Å². The molecule has 2 N–H and O–H groups in total. The fraction of sp³-hybridized carbons (Fsp3) is 0.190. The molecule has 0 aliphatic carbocycles. The molecule has 0 radical (unpaired) electrons. The topological polar surface area (TPSA) is 84.2 Å². The molecule has 0 saturated heterocycles. The lowest BCUT2D eigenvalue weighted by Crippen LogP contribution is -2.31. The van der Waals surface area contributed by atoms with Gasteiger partial charge in [0.05, 0.1) is 6.04 Å². The number of alkyl halides is 2. The largest absolute Gasteiger partial charge is 0.390 e. The molecule has 1 amide bonds. The first kappa shape index (κ1) is 21.3. The van der Waals surface area contributed by atoms with Gasteiger partial charge in [-0.3, -0.25) is 9.59 Å². The third-order valence-electron chi connectivity index (χ3n) is 4.47. The summed E-state index contributed by atoms with van der Waals surface area (Å²) in [5.74, 6) is -4.76. The van der Waals surface area contributed by atoms with Crippen molar-refractivity contribution in [1.82, 2.24) is 15.1 Å². The Morgan fingerprint density at radius 3 is 2.60 bits per heavy atom. The maximum atomic E-state index is 14.0. The number of rotatable bonds is 6. The van der Waals surface area contributed by atoms with Crippen LogP contribution in [0.25, 0.3) is 5.69 Å². The first-order chi connectivity index (χ1) is 14.2. The first-order valence-electron chi connectivity index (χ1n) is 8.98. The number of benzene rings is 2. The van der Waals surface area contributed by atoms with Crippen LogP contribution in [0, 0.1) is 5.82 Å². The van der Waals surface area contributed by atoms with Crippen molar-refractivity contribution in [2.75, 3.05) is 6.61 Å². The van der Waals surface area contributed by atoms with Crippen molar-refractivity contribution in [2.24, 2.45) is 0 Å². The molecular weight excluding hydrogens is 399 g/mol. The molecule has 3 rings (SSSR count). The van der Waals surface area contributed by atoms with Gasteiger partial charge in [0, 0.05) is 11.6 Å². The zero-order chi connectivity index (χ0) is 21.9. The van der Waals surface area contributed by atoms with E-state index in [1.165, 1.54) is 42.5 Å². The number of amides is 1. The van der Waals surface area contributed by atoms with Crippen molar-refractivity contribution in [3.63, 3.8) is 0 Å². The minimum atomic E-state index is -3.41. The molecule has 1 atom stereocenters. The van der Waals surface area contributed by atoms with Crippen LogP contribution in [-0.4, -0.2) is 27.4 Å². The number of nitrogens with one attached hydrogen (secondary N) is 1. The fourth-order valence-corrected chi connectivity index (χ4v) is 2.81. The van der Waals surface area contributed by atoms with E-state index in [1.54, 1.807) is 13.0 Å². The van der Waals surface area contributed by atoms with Crippen molar-refractivity contribution in [1.29, 1.82) is 0 Å². The second-order valence-corrected chi connectivity index (χ2v) is 6.60. The molecule has 0 saturated carbocycles. The van der Waals surface area contributed by atoms with Gasteiger partial charge in [-0.2, -0.15) is 18.6 Å². The Morgan fingerprint density at radius 2 is 1.90 bits per heavy atom. The van der Waals surface area contributed by atoms with Gasteiger partial charge in [-0.15, -0.1) is 0 Å². The standard InChI is InChI=1S/C21H18F3N3O3/c1-13(14-5-4-6-15(11-14)21(23,24)12-28)25-20(30)17-9-10-19(29)27(26-17)18-8-3-2-7-16(18)22/h2-11,13,28H,12H2,1H3,(H,25,30). The molecule has 0 aliphatic heterocycles. The summed E-state index contributed by atoms with van der Waals surface area (Å²) in [6.45, 7) is 0.250. The van der Waals surface area contributed by atoms with Gasteiger partial charge in [0.2, 0.25) is 0 Å². The highest BCUT2D eigenvalue weighted by atomic mass is 19.3. The van der Waals surface area contributed by atoms with E-state index in [2.05, 4.69) is 10.4 Å². The molecule has 156 valence electrons. The summed E-state index contributed by atoms with van der Waals surface area (Å²) in [6, 6.07) is 12.4. The Hall–Kier alpha value is -3.46. The number of hydrogen-bond donors (Lipinski definition) is 2. The van der Waals surface area contributed by atoms with Crippen LogP contribution in [0.5, 0.6) is 0 Å². The molecule has 0 aliphatic rings. The Labute approximate surface area is 169 Å². The van der Waals surface area contributed by atoms with Gasteiger partial charge in [0.25, 0.3) is 17.4 Å². The summed E-state index contributed by atoms with van der Waals surface area (Å²) in [6.07, 6.45) is 0. The number of carbonyl (C=O) groups is 1. The van der Waals surface area contributed by atoms with Crippen molar-refractivity contribution in [2.45, 2.75) is 18.9 Å². The molecule has 1 unspecified atom stereocenters. The molecule has 0 bridgehead atoms. The third-order valence-corrected chi connectivity index (χ3v) is 4.47. The van der Waals surface area contributed by atoms with Crippen LogP contribution < -0.4 is 10.9 Å². The normalized spacial score (nSPS) is 12.4. The SMILES string of the molecule is CC(NC(=O)c1ccc(=O)n(-c2ccccc2F)n1)c1cccc(C(F)(F)CO)c1. The van der Waals surface area contributed by atoms with E-state index < -0.39 is 35.9 Å². The zero-order valence-corrected chi connectivity index (χ0v) is 15.8. The number of nitrogens with zero attached hydrogens (tertiary/aromatic N) is 2. The Morgan fingerprint density at radius 1 is 1.17 bits per heavy atom. The highest BCUT2D eigenvalue weighted by Crippen LogP contribution is 2.29. The number of para-hydroxylation sites is 1. The number of aliphatic hydroxyl groups is 1. The molecule has 1 heterocycles. The van der Waals surface area contributed by atoms with E-state index in [9.17, 15) is 22.8 Å². The third kappa shape index (κ3) is 4.41. The summed E-state index contributed by atoms with van der Waals surface area (Å²) in [5.41, 5.74) is -0.874. The number of aromatic nitrogens is 2. The maximum Gasteiger partial charge on any atom is 0.295 e. The molecule has 2 aromatic carbocycles. The highest BCUT2D eigenvalue weighted by Gasteiger charge is 2.30. The van der Waals surface area contributed by atoms with Gasteiger partial charge in [0.1, 0.15) is 23.8 Å². The average molecular weight is 417 g/mol. The number of halogens is 3. The van der Waals surface area contributed by atoms with Crippen molar-refractivity contribution in [3.05, 3.63) is 93.7 Å². The highest BCUT2D eigenvalue weighted by molar-refractivity contribution is 5.92. The molecule has 0 spiro atoms. The van der Waals surface area contributed by atoms with E-state index >= 15 is 0 Å². The zero-order valence-electron chi connectivity index (χ0n) is 15.8. The van der Waals surface area contributed by atoms with E-state index in [4.69, 9.17) is 5.11 Å². The van der Waals surface area contributed by atoms with Crippen LogP contribution in [-0.2, 0) is 5.92 Å². The van der Waals surface area contributed by atoms with Gasteiger partial charge in [-0.1, -0.05) is 30.3 Å². The summed E-state index contributed by atoms with van der Waals surface area (Å²) in [4.78, 5) is 24.6. The van der Waals surface area contributed by atoms with Crippen LogP contribution in [0.2, 0.25) is 0 Å². The molecule has 1 aromatic heterocycles. The van der Waals surface area contributed by atoms with Gasteiger partial charge in [-0.25, -0.2) is 4.39 Å². The second kappa shape index (κ2) is 8.50. The smallest absolute Gasteiger partial charge is 0.295 e. The fourth-order valence-electron chi connectivity index (χ4n) is 2.81. The van der Waals surface area contributed by atoms with E-state index in [-0.39, 0.29) is 16.9 Å². The van der Waals surface area contributed by atoms with Crippen LogP contribution in [0.3, 0.4) is 0 Å². The number of carbonyl (C=O) groups excluding carboxylic acids is 1. The van der Waals surface area contributed by atoms with Crippen molar-refractivity contribution in [3.8, 4) is 5.69 Å². The summed E-state index contributed by atoms with van der Waals surface area (Å²) in [7, 11) is 0. The van der Waals surface area contributed by atoms with Gasteiger partial charge < -0.3 is 10.4 Å². The van der Waals surface area contributed by atoms with Crippen molar-refractivity contribution < 1.29 is 23.1 Å². The van der Waals surface area contributed by atoms with E-state index in [1.807, 2.05) is 0 Å². The van der Waals surface area contributed by atoms with Crippen molar-refractivity contribution >= 4 is 5.91 Å². The quantitative estimate of drug-likeness (QED) is 0.646. The summed E-state index contributed by atoms with van der Waals surface area (Å²) < 4.78 is 42.2. The molecule has 0 fully saturated rings. The minimum absolute atomic E-state index is 0.107. The molecule has 6 nitrogen and oxygen atoms in total. The van der Waals surface area contributed by atoms with Crippen LogP contribution in [0.15, 0.2) is 65.5 Å². The van der Waals surface area contributed by atoms with Crippen LogP contribution in [0.1, 0.15) is 34.6 Å². The van der Waals surface area contributed by atoms with E-state index in [0.717, 1.165) is 16.8 Å². The molecule has 30 heavy (non-hydrogen) atoms. The molecule has 9 heteroatoms. The first-order valence-corrected chi connectivity index (χ1v) is 8.98. The maximum absolute atomic E-state index is 14.0. The van der Waals surface area contributed by atoms with Crippen LogP contribution in [0.4, 0.5) is 13.2 Å². The Bertz CT molecular complexity index is 1130. The summed E-state index contributed by atoms with van der Waals surface area (Å²) >= 11 is 0.